The zero-order valence-electron chi connectivity index (χ0n) is 11.9. The summed E-state index contributed by atoms with van der Waals surface area (Å²) in [6, 6.07) is 17.8. The number of piperazine rings is 1. The highest BCUT2D eigenvalue weighted by Crippen LogP contribution is 2.39. The predicted octanol–water partition coefficient (Wildman–Crippen LogP) is 3.43. The average Bonchev–Trinajstić information content (AvgIpc) is 2.55. The molecule has 0 saturated carbocycles. The summed E-state index contributed by atoms with van der Waals surface area (Å²) in [5.74, 6) is 0.452. The van der Waals surface area contributed by atoms with E-state index in [2.05, 4.69) is 46.6 Å². The van der Waals surface area contributed by atoms with E-state index in [9.17, 15) is 0 Å². The second-order valence-corrected chi connectivity index (χ2v) is 6.38. The van der Waals surface area contributed by atoms with Crippen LogP contribution in [0.15, 0.2) is 48.5 Å². The number of nitrogens with one attached hydrogen (secondary N) is 1. The van der Waals surface area contributed by atoms with Gasteiger partial charge in [-0.05, 0) is 28.8 Å². The lowest BCUT2D eigenvalue weighted by molar-refractivity contribution is 0.143. The summed E-state index contributed by atoms with van der Waals surface area (Å²) in [6.07, 6.45) is 0. The highest BCUT2D eigenvalue weighted by Gasteiger charge is 2.34. The summed E-state index contributed by atoms with van der Waals surface area (Å²) in [6.45, 7) is 4.38. The third kappa shape index (κ3) is 2.38. The molecule has 21 heavy (non-hydrogen) atoms. The van der Waals surface area contributed by atoms with Gasteiger partial charge in [-0.1, -0.05) is 48.0 Å². The summed E-state index contributed by atoms with van der Waals surface area (Å²) in [7, 11) is 0. The molecule has 0 aliphatic carbocycles. The van der Waals surface area contributed by atoms with Gasteiger partial charge in [-0.25, -0.2) is 0 Å². The molecule has 2 aliphatic rings. The van der Waals surface area contributed by atoms with E-state index < -0.39 is 0 Å². The fraction of sp³-hybridized carbons (Fsp3) is 0.333. The molecule has 1 fully saturated rings. The van der Waals surface area contributed by atoms with Crippen molar-refractivity contribution in [3.05, 3.63) is 70.2 Å². The Balaban J connectivity index is 1.79. The lowest BCUT2D eigenvalue weighted by Gasteiger charge is -2.44. The SMILES string of the molecule is Clc1ccc([C@@H]2CN3CCNC[C@H]3c3ccccc32)cc1. The molecule has 108 valence electrons. The van der Waals surface area contributed by atoms with Crippen molar-refractivity contribution in [3.63, 3.8) is 0 Å². The van der Waals surface area contributed by atoms with Crippen molar-refractivity contribution >= 4 is 11.6 Å². The minimum Gasteiger partial charge on any atom is -0.314 e. The molecule has 2 heterocycles. The molecule has 0 radical (unpaired) electrons. The number of rotatable bonds is 1. The first-order valence-corrected chi connectivity index (χ1v) is 8.00. The van der Waals surface area contributed by atoms with Gasteiger partial charge in [0.1, 0.15) is 0 Å². The van der Waals surface area contributed by atoms with Gasteiger partial charge in [-0.2, -0.15) is 0 Å². The number of benzene rings is 2. The summed E-state index contributed by atoms with van der Waals surface area (Å²) >= 11 is 6.04. The molecule has 0 aromatic heterocycles. The van der Waals surface area contributed by atoms with Crippen molar-refractivity contribution < 1.29 is 0 Å². The Hall–Kier alpha value is -1.35. The lowest BCUT2D eigenvalue weighted by Crippen LogP contribution is -2.50. The molecule has 0 spiro atoms. The van der Waals surface area contributed by atoms with Crippen molar-refractivity contribution in [2.45, 2.75) is 12.0 Å². The molecular formula is C18H19ClN2. The van der Waals surface area contributed by atoms with Crippen LogP contribution in [0.4, 0.5) is 0 Å². The summed E-state index contributed by atoms with van der Waals surface area (Å²) < 4.78 is 0. The van der Waals surface area contributed by atoms with Gasteiger partial charge in [-0.15, -0.1) is 0 Å². The van der Waals surface area contributed by atoms with E-state index in [1.54, 1.807) is 0 Å². The van der Waals surface area contributed by atoms with Gasteiger partial charge in [0.05, 0.1) is 0 Å². The number of nitrogens with zero attached hydrogens (tertiary/aromatic N) is 1. The minimum absolute atomic E-state index is 0.452. The second-order valence-electron chi connectivity index (χ2n) is 5.95. The van der Waals surface area contributed by atoms with E-state index in [4.69, 9.17) is 11.6 Å². The van der Waals surface area contributed by atoms with Crippen LogP contribution in [-0.4, -0.2) is 31.1 Å². The van der Waals surface area contributed by atoms with Gasteiger partial charge in [0, 0.05) is 43.2 Å². The van der Waals surface area contributed by atoms with Gasteiger partial charge in [-0.3, -0.25) is 4.90 Å². The number of hydrogen-bond donors (Lipinski definition) is 1. The highest BCUT2D eigenvalue weighted by molar-refractivity contribution is 6.30. The highest BCUT2D eigenvalue weighted by atomic mass is 35.5. The van der Waals surface area contributed by atoms with Crippen LogP contribution in [0.1, 0.15) is 28.7 Å². The molecule has 2 aliphatic heterocycles. The van der Waals surface area contributed by atoms with Crippen LogP contribution in [0, 0.1) is 0 Å². The Morgan fingerprint density at radius 1 is 1.00 bits per heavy atom. The van der Waals surface area contributed by atoms with Gasteiger partial charge in [0.2, 0.25) is 0 Å². The Kier molecular flexibility index (Phi) is 3.46. The first-order valence-electron chi connectivity index (χ1n) is 7.62. The smallest absolute Gasteiger partial charge is 0.0476 e. The van der Waals surface area contributed by atoms with Crippen molar-refractivity contribution in [1.29, 1.82) is 0 Å². The Morgan fingerprint density at radius 3 is 2.57 bits per heavy atom. The van der Waals surface area contributed by atoms with Crippen LogP contribution in [0.25, 0.3) is 0 Å². The van der Waals surface area contributed by atoms with Crippen LogP contribution in [0.3, 0.4) is 0 Å². The number of fused-ring (bicyclic) bond motifs is 3. The molecule has 2 atom stereocenters. The molecular weight excluding hydrogens is 280 g/mol. The van der Waals surface area contributed by atoms with Crippen LogP contribution in [0.2, 0.25) is 5.02 Å². The molecule has 0 bridgehead atoms. The van der Waals surface area contributed by atoms with E-state index in [0.717, 1.165) is 31.2 Å². The van der Waals surface area contributed by atoms with Crippen molar-refractivity contribution in [2.24, 2.45) is 0 Å². The van der Waals surface area contributed by atoms with Gasteiger partial charge < -0.3 is 5.32 Å². The second kappa shape index (κ2) is 5.45. The van der Waals surface area contributed by atoms with E-state index in [1.165, 1.54) is 16.7 Å². The lowest BCUT2D eigenvalue weighted by atomic mass is 9.81. The largest absolute Gasteiger partial charge is 0.314 e. The molecule has 4 rings (SSSR count). The molecule has 0 amide bonds. The molecule has 2 aromatic carbocycles. The normalized spacial score (nSPS) is 25.2. The fourth-order valence-corrected chi connectivity index (χ4v) is 3.84. The zero-order chi connectivity index (χ0) is 14.2. The van der Waals surface area contributed by atoms with E-state index in [0.29, 0.717) is 12.0 Å². The van der Waals surface area contributed by atoms with Crippen LogP contribution < -0.4 is 5.32 Å². The third-order valence-corrected chi connectivity index (χ3v) is 5.03. The molecule has 3 heteroatoms. The molecule has 0 unspecified atom stereocenters. The first kappa shape index (κ1) is 13.3. The molecule has 1 N–H and O–H groups in total. The van der Waals surface area contributed by atoms with Gasteiger partial charge in [0.25, 0.3) is 0 Å². The zero-order valence-corrected chi connectivity index (χ0v) is 12.7. The Labute approximate surface area is 130 Å². The Bertz CT molecular complexity index is 638. The van der Waals surface area contributed by atoms with Crippen LogP contribution in [0.5, 0.6) is 0 Å². The number of halogens is 1. The number of hydrogen-bond acceptors (Lipinski definition) is 2. The standard InChI is InChI=1S/C18H19ClN2/c19-14-7-5-13(6-8-14)17-12-21-10-9-20-11-18(21)16-4-2-1-3-15(16)17/h1-8,17-18,20H,9-12H2/t17-,18-/m0/s1. The fourth-order valence-electron chi connectivity index (χ4n) is 3.72. The van der Waals surface area contributed by atoms with Crippen molar-refractivity contribution in [1.82, 2.24) is 10.2 Å². The maximum Gasteiger partial charge on any atom is 0.0476 e. The van der Waals surface area contributed by atoms with Crippen molar-refractivity contribution in [2.75, 3.05) is 26.2 Å². The Morgan fingerprint density at radius 2 is 1.76 bits per heavy atom. The van der Waals surface area contributed by atoms with E-state index in [-0.39, 0.29) is 0 Å². The predicted molar refractivity (Wildman–Crippen MR) is 86.9 cm³/mol. The van der Waals surface area contributed by atoms with Crippen LogP contribution in [-0.2, 0) is 0 Å². The topological polar surface area (TPSA) is 15.3 Å². The summed E-state index contributed by atoms with van der Waals surface area (Å²) in [5.41, 5.74) is 4.32. The quantitative estimate of drug-likeness (QED) is 0.868. The molecule has 2 nitrogen and oxygen atoms in total. The van der Waals surface area contributed by atoms with Crippen LogP contribution >= 0.6 is 11.6 Å². The average molecular weight is 299 g/mol. The maximum absolute atomic E-state index is 6.04. The van der Waals surface area contributed by atoms with Crippen molar-refractivity contribution in [3.8, 4) is 0 Å². The first-order chi connectivity index (χ1) is 10.3. The minimum atomic E-state index is 0.452. The van der Waals surface area contributed by atoms with E-state index >= 15 is 0 Å². The van der Waals surface area contributed by atoms with Gasteiger partial charge in [0.15, 0.2) is 0 Å². The molecule has 1 saturated heterocycles. The van der Waals surface area contributed by atoms with Gasteiger partial charge >= 0.3 is 0 Å². The third-order valence-electron chi connectivity index (χ3n) is 4.77. The monoisotopic (exact) mass is 298 g/mol. The summed E-state index contributed by atoms with van der Waals surface area (Å²) in [5, 5.41) is 4.34. The summed E-state index contributed by atoms with van der Waals surface area (Å²) in [4.78, 5) is 2.62. The molecule has 2 aromatic rings. The van der Waals surface area contributed by atoms with E-state index in [1.807, 2.05) is 12.1 Å². The maximum atomic E-state index is 6.04.